The van der Waals surface area contributed by atoms with Crippen LogP contribution in [0.5, 0.6) is 5.75 Å². The molecule has 1 N–H and O–H groups in total. The Hall–Kier alpha value is -2.91. The molecule has 3 rings (SSSR count). The predicted octanol–water partition coefficient (Wildman–Crippen LogP) is 2.20. The molecule has 1 amide bonds. The van der Waals surface area contributed by atoms with Gasteiger partial charge in [-0.25, -0.2) is 13.2 Å². The molecule has 0 aliphatic carbocycles. The molecule has 0 unspecified atom stereocenters. The summed E-state index contributed by atoms with van der Waals surface area (Å²) in [6.45, 7) is 0.810. The summed E-state index contributed by atoms with van der Waals surface area (Å²) in [4.78, 5) is 24.4. The summed E-state index contributed by atoms with van der Waals surface area (Å²) in [5, 5.41) is 2.91. The van der Waals surface area contributed by atoms with Crippen LogP contribution in [-0.4, -0.2) is 51.9 Å². The highest BCUT2D eigenvalue weighted by Gasteiger charge is 2.34. The van der Waals surface area contributed by atoms with Crippen molar-refractivity contribution in [2.75, 3.05) is 27.3 Å². The Labute approximate surface area is 182 Å². The second-order valence-electron chi connectivity index (χ2n) is 7.23. The lowest BCUT2D eigenvalue weighted by molar-refractivity contribution is -0.126. The van der Waals surface area contributed by atoms with Gasteiger partial charge in [-0.15, -0.1) is 0 Å². The fourth-order valence-electron chi connectivity index (χ4n) is 3.54. The van der Waals surface area contributed by atoms with Crippen LogP contribution in [0.3, 0.4) is 0 Å². The fraction of sp³-hybridized carbons (Fsp3) is 0.364. The summed E-state index contributed by atoms with van der Waals surface area (Å²) >= 11 is 0. The molecule has 0 spiro atoms. The molecule has 0 atom stereocenters. The van der Waals surface area contributed by atoms with Crippen LogP contribution in [0.4, 0.5) is 0 Å². The molecule has 0 saturated carbocycles. The lowest BCUT2D eigenvalue weighted by atomic mass is 9.97. The number of carbonyl (C=O) groups excluding carboxylic acids is 2. The highest BCUT2D eigenvalue weighted by molar-refractivity contribution is 7.89. The first-order valence-corrected chi connectivity index (χ1v) is 11.4. The van der Waals surface area contributed by atoms with Crippen LogP contribution < -0.4 is 10.1 Å². The molecule has 1 fully saturated rings. The van der Waals surface area contributed by atoms with Gasteiger partial charge in [-0.3, -0.25) is 4.79 Å². The number of nitrogens with one attached hydrogen (secondary N) is 1. The minimum absolute atomic E-state index is 0.00404. The maximum atomic E-state index is 13.1. The molecule has 31 heavy (non-hydrogen) atoms. The van der Waals surface area contributed by atoms with Gasteiger partial charge < -0.3 is 14.8 Å². The zero-order valence-electron chi connectivity index (χ0n) is 17.5. The van der Waals surface area contributed by atoms with Crippen molar-refractivity contribution in [1.82, 2.24) is 9.62 Å². The molecule has 8 nitrogen and oxygen atoms in total. The Morgan fingerprint density at radius 1 is 1.03 bits per heavy atom. The molecular formula is C22H26N2O6S. The third kappa shape index (κ3) is 5.23. The van der Waals surface area contributed by atoms with Gasteiger partial charge >= 0.3 is 5.97 Å². The third-order valence-corrected chi connectivity index (χ3v) is 7.32. The van der Waals surface area contributed by atoms with E-state index in [1.165, 1.54) is 23.5 Å². The van der Waals surface area contributed by atoms with E-state index in [-0.39, 0.29) is 35.4 Å². The van der Waals surface area contributed by atoms with Crippen LogP contribution in [0, 0.1) is 5.92 Å². The van der Waals surface area contributed by atoms with E-state index in [9.17, 15) is 18.0 Å². The zero-order valence-corrected chi connectivity index (χ0v) is 18.4. The van der Waals surface area contributed by atoms with Gasteiger partial charge in [0.05, 0.1) is 24.7 Å². The average molecular weight is 447 g/mol. The van der Waals surface area contributed by atoms with Crippen molar-refractivity contribution in [3.63, 3.8) is 0 Å². The van der Waals surface area contributed by atoms with Gasteiger partial charge in [0, 0.05) is 25.6 Å². The summed E-state index contributed by atoms with van der Waals surface area (Å²) in [7, 11) is -1.07. The van der Waals surface area contributed by atoms with Gasteiger partial charge in [0.2, 0.25) is 15.9 Å². The number of sulfonamides is 1. The highest BCUT2D eigenvalue weighted by atomic mass is 32.2. The largest absolute Gasteiger partial charge is 0.497 e. The fourth-order valence-corrected chi connectivity index (χ4v) is 5.19. The van der Waals surface area contributed by atoms with E-state index < -0.39 is 16.0 Å². The predicted molar refractivity (Wildman–Crippen MR) is 114 cm³/mol. The Bertz CT molecular complexity index is 1030. The molecule has 1 saturated heterocycles. The van der Waals surface area contributed by atoms with E-state index in [0.717, 1.165) is 11.3 Å². The van der Waals surface area contributed by atoms with E-state index in [1.54, 1.807) is 19.2 Å². The van der Waals surface area contributed by atoms with Crippen LogP contribution in [0.15, 0.2) is 53.4 Å². The van der Waals surface area contributed by atoms with E-state index in [0.29, 0.717) is 19.4 Å². The van der Waals surface area contributed by atoms with E-state index in [2.05, 4.69) is 5.32 Å². The standard InChI is InChI=1S/C22H26N2O6S/c1-29-18-9-7-16(8-10-18)15-23-21(25)17-11-13-24(14-12-17)31(27,28)20-6-4-3-5-19(20)22(26)30-2/h3-10,17H,11-15H2,1-2H3,(H,23,25). The minimum atomic E-state index is -3.87. The Balaban J connectivity index is 1.59. The van der Waals surface area contributed by atoms with Gasteiger partial charge in [-0.1, -0.05) is 24.3 Å². The van der Waals surface area contributed by atoms with Crippen molar-refractivity contribution in [2.45, 2.75) is 24.3 Å². The third-order valence-electron chi connectivity index (χ3n) is 5.36. The molecule has 9 heteroatoms. The van der Waals surface area contributed by atoms with Crippen molar-refractivity contribution in [1.29, 1.82) is 0 Å². The quantitative estimate of drug-likeness (QED) is 0.655. The van der Waals surface area contributed by atoms with Crippen molar-refractivity contribution in [3.8, 4) is 5.75 Å². The monoisotopic (exact) mass is 446 g/mol. The number of ether oxygens (including phenoxy) is 2. The molecule has 1 heterocycles. The van der Waals surface area contributed by atoms with E-state index >= 15 is 0 Å². The first-order valence-electron chi connectivity index (χ1n) is 9.95. The van der Waals surface area contributed by atoms with Gasteiger partial charge in [-0.05, 0) is 42.7 Å². The van der Waals surface area contributed by atoms with Crippen molar-refractivity contribution >= 4 is 21.9 Å². The Kier molecular flexibility index (Phi) is 7.29. The molecule has 0 radical (unpaired) electrons. The summed E-state index contributed by atoms with van der Waals surface area (Å²) in [6, 6.07) is 13.4. The number of esters is 1. The number of benzene rings is 2. The summed E-state index contributed by atoms with van der Waals surface area (Å²) < 4.78 is 37.3. The van der Waals surface area contributed by atoms with Gasteiger partial charge in [0.25, 0.3) is 0 Å². The first-order chi connectivity index (χ1) is 14.9. The number of amides is 1. The average Bonchev–Trinajstić information content (AvgIpc) is 2.82. The zero-order chi connectivity index (χ0) is 22.4. The molecular weight excluding hydrogens is 420 g/mol. The van der Waals surface area contributed by atoms with Crippen LogP contribution in [-0.2, 0) is 26.1 Å². The number of rotatable bonds is 7. The Morgan fingerprint density at radius 3 is 2.29 bits per heavy atom. The SMILES string of the molecule is COC(=O)c1ccccc1S(=O)(=O)N1CCC(C(=O)NCc2ccc(OC)cc2)CC1. The lowest BCUT2D eigenvalue weighted by Gasteiger charge is -2.31. The number of carbonyl (C=O) groups is 2. The highest BCUT2D eigenvalue weighted by Crippen LogP contribution is 2.26. The first kappa shape index (κ1) is 22.8. The van der Waals surface area contributed by atoms with E-state index in [1.807, 2.05) is 24.3 Å². The maximum Gasteiger partial charge on any atom is 0.339 e. The van der Waals surface area contributed by atoms with Crippen LogP contribution in [0.25, 0.3) is 0 Å². The number of methoxy groups -OCH3 is 2. The van der Waals surface area contributed by atoms with Crippen LogP contribution in [0.2, 0.25) is 0 Å². The molecule has 0 aromatic heterocycles. The van der Waals surface area contributed by atoms with Crippen LogP contribution >= 0.6 is 0 Å². The molecule has 166 valence electrons. The normalized spacial score (nSPS) is 15.3. The second kappa shape index (κ2) is 9.93. The molecule has 1 aliphatic rings. The van der Waals surface area contributed by atoms with Gasteiger partial charge in [-0.2, -0.15) is 4.31 Å². The molecule has 2 aromatic carbocycles. The number of hydrogen-bond acceptors (Lipinski definition) is 6. The number of hydrogen-bond donors (Lipinski definition) is 1. The summed E-state index contributed by atoms with van der Waals surface area (Å²) in [6.07, 6.45) is 0.822. The lowest BCUT2D eigenvalue weighted by Crippen LogP contribution is -2.43. The molecule has 0 bridgehead atoms. The van der Waals surface area contributed by atoms with Crippen LogP contribution in [0.1, 0.15) is 28.8 Å². The number of piperidine rings is 1. The maximum absolute atomic E-state index is 13.1. The van der Waals surface area contributed by atoms with Crippen molar-refractivity contribution in [2.24, 2.45) is 5.92 Å². The smallest absolute Gasteiger partial charge is 0.339 e. The molecule has 1 aliphatic heterocycles. The second-order valence-corrected chi connectivity index (χ2v) is 9.14. The van der Waals surface area contributed by atoms with Crippen molar-refractivity contribution < 1.29 is 27.5 Å². The summed E-state index contributed by atoms with van der Waals surface area (Å²) in [5.41, 5.74) is 0.956. The number of nitrogens with zero attached hydrogens (tertiary/aromatic N) is 1. The topological polar surface area (TPSA) is 102 Å². The van der Waals surface area contributed by atoms with Gasteiger partial charge in [0.1, 0.15) is 5.75 Å². The summed E-state index contributed by atoms with van der Waals surface area (Å²) in [5.74, 6) is -0.312. The van der Waals surface area contributed by atoms with Crippen molar-refractivity contribution in [3.05, 3.63) is 59.7 Å². The minimum Gasteiger partial charge on any atom is -0.497 e. The Morgan fingerprint density at radius 2 is 1.68 bits per heavy atom. The van der Waals surface area contributed by atoms with E-state index in [4.69, 9.17) is 9.47 Å². The molecule has 2 aromatic rings. The van der Waals surface area contributed by atoms with Gasteiger partial charge in [0.15, 0.2) is 0 Å².